The van der Waals surface area contributed by atoms with Crippen LogP contribution >= 0.6 is 0 Å². The lowest BCUT2D eigenvalue weighted by Crippen LogP contribution is -2.24. The van der Waals surface area contributed by atoms with Crippen LogP contribution < -0.4 is 4.74 Å². The zero-order chi connectivity index (χ0) is 15.2. The second kappa shape index (κ2) is 7.38. The number of rotatable bonds is 5. The van der Waals surface area contributed by atoms with E-state index in [2.05, 4.69) is 4.74 Å². The topological polar surface area (TPSA) is 35.5 Å². The summed E-state index contributed by atoms with van der Waals surface area (Å²) in [5.41, 5.74) is 1.23. The summed E-state index contributed by atoms with van der Waals surface area (Å²) in [7, 11) is 1.63. The van der Waals surface area contributed by atoms with Crippen molar-refractivity contribution in [3.63, 3.8) is 0 Å². The van der Waals surface area contributed by atoms with Crippen molar-refractivity contribution in [2.45, 2.75) is 38.0 Å². The molecule has 0 aliphatic heterocycles. The van der Waals surface area contributed by atoms with Crippen LogP contribution in [-0.4, -0.2) is 26.1 Å². The van der Waals surface area contributed by atoms with Gasteiger partial charge in [-0.15, -0.1) is 0 Å². The fourth-order valence-electron chi connectivity index (χ4n) is 2.80. The smallest absolute Gasteiger partial charge is 0.309 e. The molecule has 0 radical (unpaired) electrons. The van der Waals surface area contributed by atoms with Crippen molar-refractivity contribution in [3.8, 4) is 5.75 Å². The molecule has 1 aromatic carbocycles. The number of halogens is 2. The van der Waals surface area contributed by atoms with E-state index in [1.807, 2.05) is 24.3 Å². The van der Waals surface area contributed by atoms with Crippen molar-refractivity contribution >= 4 is 5.97 Å². The predicted molar refractivity (Wildman–Crippen MR) is 74.7 cm³/mol. The van der Waals surface area contributed by atoms with Gasteiger partial charge in [0.2, 0.25) is 0 Å². The molecule has 0 amide bonds. The van der Waals surface area contributed by atoms with Crippen molar-refractivity contribution in [2.75, 3.05) is 13.7 Å². The number of hydrogen-bond donors (Lipinski definition) is 0. The van der Waals surface area contributed by atoms with Crippen LogP contribution in [0.4, 0.5) is 8.78 Å². The highest BCUT2D eigenvalue weighted by atomic mass is 19.3. The average Bonchev–Trinajstić information content (AvgIpc) is 2.53. The molecular formula is C16H20F2O3. The van der Waals surface area contributed by atoms with E-state index in [0.717, 1.165) is 18.6 Å². The highest BCUT2D eigenvalue weighted by molar-refractivity contribution is 5.72. The Kier molecular flexibility index (Phi) is 5.53. The second-order valence-electron chi connectivity index (χ2n) is 5.34. The Morgan fingerprint density at radius 1 is 1.19 bits per heavy atom. The molecule has 1 aliphatic rings. The van der Waals surface area contributed by atoms with Gasteiger partial charge in [0.25, 0.3) is 6.43 Å². The normalized spacial score (nSPS) is 22.1. The zero-order valence-electron chi connectivity index (χ0n) is 12.1. The second-order valence-corrected chi connectivity index (χ2v) is 5.34. The van der Waals surface area contributed by atoms with Crippen molar-refractivity contribution in [2.24, 2.45) is 5.92 Å². The molecule has 0 saturated heterocycles. The minimum absolute atomic E-state index is 0.238. The first kappa shape index (κ1) is 15.7. The van der Waals surface area contributed by atoms with Gasteiger partial charge in [0, 0.05) is 0 Å². The van der Waals surface area contributed by atoms with E-state index in [1.54, 1.807) is 7.11 Å². The lowest BCUT2D eigenvalue weighted by atomic mass is 9.79. The molecule has 116 valence electrons. The number of alkyl halides is 2. The highest BCUT2D eigenvalue weighted by Crippen LogP contribution is 2.36. The Bertz CT molecular complexity index is 451. The number of ether oxygens (including phenoxy) is 2. The van der Waals surface area contributed by atoms with Gasteiger partial charge in [0.1, 0.15) is 5.75 Å². The number of methoxy groups -OCH3 is 1. The molecule has 0 unspecified atom stereocenters. The molecule has 21 heavy (non-hydrogen) atoms. The van der Waals surface area contributed by atoms with Gasteiger partial charge in [-0.05, 0) is 49.3 Å². The zero-order valence-corrected chi connectivity index (χ0v) is 12.1. The third-order valence-electron chi connectivity index (χ3n) is 4.00. The van der Waals surface area contributed by atoms with Gasteiger partial charge in [-0.3, -0.25) is 4.79 Å². The van der Waals surface area contributed by atoms with Gasteiger partial charge < -0.3 is 9.47 Å². The summed E-state index contributed by atoms with van der Waals surface area (Å²) in [4.78, 5) is 11.7. The minimum atomic E-state index is -2.59. The first-order valence-electron chi connectivity index (χ1n) is 7.19. The standard InChI is InChI=1S/C16H20F2O3/c1-20-14-8-6-12(7-9-14)11-2-4-13(5-3-11)16(19)21-10-15(17)18/h6-9,11,13,15H,2-5,10H2,1H3. The summed E-state index contributed by atoms with van der Waals surface area (Å²) in [6, 6.07) is 7.94. The van der Waals surface area contributed by atoms with Crippen LogP contribution in [0.3, 0.4) is 0 Å². The van der Waals surface area contributed by atoms with E-state index < -0.39 is 19.0 Å². The number of carbonyl (C=O) groups is 1. The quantitative estimate of drug-likeness (QED) is 0.776. The third kappa shape index (κ3) is 4.41. The maximum Gasteiger partial charge on any atom is 0.309 e. The molecule has 0 bridgehead atoms. The number of benzene rings is 1. The Morgan fingerprint density at radius 3 is 2.33 bits per heavy atom. The molecule has 2 rings (SSSR count). The number of carbonyl (C=O) groups excluding carboxylic acids is 1. The Balaban J connectivity index is 1.83. The predicted octanol–water partition coefficient (Wildman–Crippen LogP) is 3.78. The molecule has 0 heterocycles. The van der Waals surface area contributed by atoms with Gasteiger partial charge in [-0.25, -0.2) is 8.78 Å². The van der Waals surface area contributed by atoms with Crippen LogP contribution in [0.1, 0.15) is 37.2 Å². The first-order valence-corrected chi connectivity index (χ1v) is 7.19. The molecule has 1 aliphatic carbocycles. The van der Waals surface area contributed by atoms with Crippen LogP contribution in [0, 0.1) is 5.92 Å². The fourth-order valence-corrected chi connectivity index (χ4v) is 2.80. The maximum absolute atomic E-state index is 12.0. The van der Waals surface area contributed by atoms with Crippen LogP contribution in [0.25, 0.3) is 0 Å². The van der Waals surface area contributed by atoms with Crippen molar-refractivity contribution in [1.82, 2.24) is 0 Å². The molecule has 1 aromatic rings. The molecule has 3 nitrogen and oxygen atoms in total. The summed E-state index contributed by atoms with van der Waals surface area (Å²) >= 11 is 0. The molecule has 1 saturated carbocycles. The van der Waals surface area contributed by atoms with Gasteiger partial charge in [0.05, 0.1) is 13.0 Å². The average molecular weight is 298 g/mol. The molecule has 0 aromatic heterocycles. The summed E-state index contributed by atoms with van der Waals surface area (Å²) in [5, 5.41) is 0. The molecule has 1 fully saturated rings. The largest absolute Gasteiger partial charge is 0.497 e. The van der Waals surface area contributed by atoms with Crippen LogP contribution in [0.2, 0.25) is 0 Å². The molecule has 5 heteroatoms. The molecule has 0 spiro atoms. The van der Waals surface area contributed by atoms with E-state index in [-0.39, 0.29) is 5.92 Å². The summed E-state index contributed by atoms with van der Waals surface area (Å²) in [5.74, 6) is 0.514. The maximum atomic E-state index is 12.0. The van der Waals surface area contributed by atoms with Gasteiger partial charge in [-0.2, -0.15) is 0 Å². The summed E-state index contributed by atoms with van der Waals surface area (Å²) in [6.07, 6.45) is 0.545. The van der Waals surface area contributed by atoms with E-state index in [0.29, 0.717) is 18.8 Å². The van der Waals surface area contributed by atoms with Crippen molar-refractivity contribution < 1.29 is 23.0 Å². The Morgan fingerprint density at radius 2 is 1.81 bits per heavy atom. The monoisotopic (exact) mass is 298 g/mol. The molecule has 0 N–H and O–H groups in total. The van der Waals surface area contributed by atoms with Crippen LogP contribution in [0.5, 0.6) is 5.75 Å². The van der Waals surface area contributed by atoms with Gasteiger partial charge >= 0.3 is 5.97 Å². The van der Waals surface area contributed by atoms with Gasteiger partial charge in [-0.1, -0.05) is 12.1 Å². The van der Waals surface area contributed by atoms with Crippen molar-refractivity contribution in [1.29, 1.82) is 0 Å². The van der Waals surface area contributed by atoms with E-state index in [4.69, 9.17) is 4.74 Å². The summed E-state index contributed by atoms with van der Waals surface area (Å²) in [6.45, 7) is -0.794. The molecule has 0 atom stereocenters. The fraction of sp³-hybridized carbons (Fsp3) is 0.562. The van der Waals surface area contributed by atoms with E-state index in [1.165, 1.54) is 5.56 Å². The Hall–Kier alpha value is -1.65. The minimum Gasteiger partial charge on any atom is -0.497 e. The lowest BCUT2D eigenvalue weighted by molar-refractivity contribution is -0.153. The Labute approximate surface area is 123 Å². The van der Waals surface area contributed by atoms with E-state index in [9.17, 15) is 13.6 Å². The first-order chi connectivity index (χ1) is 10.1. The number of hydrogen-bond acceptors (Lipinski definition) is 3. The SMILES string of the molecule is COc1ccc(C2CCC(C(=O)OCC(F)F)CC2)cc1. The van der Waals surface area contributed by atoms with Crippen molar-refractivity contribution in [3.05, 3.63) is 29.8 Å². The van der Waals surface area contributed by atoms with Gasteiger partial charge in [0.15, 0.2) is 6.61 Å². The lowest BCUT2D eigenvalue weighted by Gasteiger charge is -2.27. The third-order valence-corrected chi connectivity index (χ3v) is 4.00. The summed E-state index contributed by atoms with van der Waals surface area (Å²) < 4.78 is 33.8. The molecular weight excluding hydrogens is 278 g/mol. The van der Waals surface area contributed by atoms with Crippen LogP contribution in [0.15, 0.2) is 24.3 Å². The van der Waals surface area contributed by atoms with Crippen LogP contribution in [-0.2, 0) is 9.53 Å². The van der Waals surface area contributed by atoms with E-state index >= 15 is 0 Å². The number of esters is 1. The highest BCUT2D eigenvalue weighted by Gasteiger charge is 2.28.